The summed E-state index contributed by atoms with van der Waals surface area (Å²) in [6.45, 7) is 13.2. The van der Waals surface area contributed by atoms with E-state index in [4.69, 9.17) is 9.47 Å². The van der Waals surface area contributed by atoms with Gasteiger partial charge in [0.15, 0.2) is 11.6 Å². The maximum Gasteiger partial charge on any atom is 0.340 e. The number of carbonyl (C=O) groups excluding carboxylic acids is 4. The Labute approximate surface area is 236 Å². The highest BCUT2D eigenvalue weighted by Gasteiger charge is 2.44. The Balaban J connectivity index is 1.61. The topological polar surface area (TPSA) is 122 Å². The first-order valence-electron chi connectivity index (χ1n) is 14.5. The molecule has 9 heteroatoms. The van der Waals surface area contributed by atoms with Crippen molar-refractivity contribution < 1.29 is 28.7 Å². The maximum absolute atomic E-state index is 13.7. The van der Waals surface area contributed by atoms with Crippen molar-refractivity contribution in [2.45, 2.75) is 80.2 Å². The van der Waals surface area contributed by atoms with Crippen molar-refractivity contribution in [1.29, 1.82) is 0 Å². The number of aryl methyl sites for hydroxylation is 2. The molecule has 2 aromatic heterocycles. The van der Waals surface area contributed by atoms with Crippen LogP contribution in [-0.4, -0.2) is 70.7 Å². The molecule has 4 atom stereocenters. The van der Waals surface area contributed by atoms with Crippen LogP contribution in [0.5, 0.6) is 0 Å². The zero-order chi connectivity index (χ0) is 29.3. The largest absolute Gasteiger partial charge is 0.462 e. The summed E-state index contributed by atoms with van der Waals surface area (Å²) in [5.74, 6) is 0.503. The summed E-state index contributed by atoms with van der Waals surface area (Å²) in [5, 5.41) is 0. The Morgan fingerprint density at radius 3 is 1.65 bits per heavy atom. The summed E-state index contributed by atoms with van der Waals surface area (Å²) in [7, 11) is 0. The van der Waals surface area contributed by atoms with Gasteiger partial charge in [-0.25, -0.2) is 9.59 Å². The van der Waals surface area contributed by atoms with E-state index in [1.807, 2.05) is 4.90 Å². The SMILES string of the molecule is CCOC(=O)c1c(C)[nH]c(C(=O)CN(CC(=O)c2[nH]c(C)c(C(=O)OCC)c2C)[C@H](C)[C@H]2C[C@H]3CC[C@H]2C3)c1C. The molecule has 2 aromatic rings. The Morgan fingerprint density at radius 1 is 0.800 bits per heavy atom. The Morgan fingerprint density at radius 2 is 1.27 bits per heavy atom. The van der Waals surface area contributed by atoms with Gasteiger partial charge in [0.1, 0.15) is 0 Å². The zero-order valence-corrected chi connectivity index (χ0v) is 24.9. The number of aromatic amines is 2. The van der Waals surface area contributed by atoms with Crippen molar-refractivity contribution in [1.82, 2.24) is 14.9 Å². The Bertz CT molecular complexity index is 1220. The molecule has 0 spiro atoms. The monoisotopic (exact) mass is 553 g/mol. The number of esters is 2. The second-order valence-corrected chi connectivity index (χ2v) is 11.5. The lowest BCUT2D eigenvalue weighted by molar-refractivity contribution is 0.0515. The number of nitrogens with zero attached hydrogens (tertiary/aromatic N) is 1. The highest BCUT2D eigenvalue weighted by Crippen LogP contribution is 2.50. The van der Waals surface area contributed by atoms with Crippen molar-refractivity contribution in [2.75, 3.05) is 26.3 Å². The van der Waals surface area contributed by atoms with Gasteiger partial charge in [0.05, 0.1) is 48.8 Å². The van der Waals surface area contributed by atoms with Crippen LogP contribution in [0.25, 0.3) is 0 Å². The van der Waals surface area contributed by atoms with Crippen molar-refractivity contribution in [3.05, 3.63) is 45.0 Å². The number of Topliss-reactive ketones (excluding diaryl/α,β-unsaturated/α-hetero) is 2. The molecule has 2 bridgehead atoms. The van der Waals surface area contributed by atoms with E-state index in [-0.39, 0.29) is 43.9 Å². The standard InChI is InChI=1S/C31H43N3O6/c1-8-39-30(37)26-16(3)28(32-18(26)5)24(35)14-34(20(7)23-13-21-10-11-22(23)12-21)15-25(36)29-17(4)27(19(6)33-29)31(38)40-9-2/h20-23,32-33H,8-15H2,1-7H3/t20-,21+,22+,23-/m1/s1. The number of fused-ring (bicyclic) bond motifs is 2. The number of rotatable bonds is 12. The molecule has 0 aliphatic heterocycles. The maximum atomic E-state index is 13.7. The molecule has 2 saturated carbocycles. The molecule has 2 aliphatic carbocycles. The van der Waals surface area contributed by atoms with E-state index in [9.17, 15) is 19.2 Å². The van der Waals surface area contributed by atoms with Crippen LogP contribution in [0.2, 0.25) is 0 Å². The van der Waals surface area contributed by atoms with Crippen molar-refractivity contribution in [2.24, 2.45) is 17.8 Å². The van der Waals surface area contributed by atoms with Crippen LogP contribution in [0.15, 0.2) is 0 Å². The summed E-state index contributed by atoms with van der Waals surface area (Å²) in [5.41, 5.74) is 3.82. The molecule has 2 fully saturated rings. The molecule has 218 valence electrons. The molecule has 0 aromatic carbocycles. The number of hydrogen-bond acceptors (Lipinski definition) is 7. The van der Waals surface area contributed by atoms with E-state index in [1.54, 1.807) is 41.5 Å². The zero-order valence-electron chi connectivity index (χ0n) is 24.9. The predicted octanol–water partition coefficient (Wildman–Crippen LogP) is 5.12. The third-order valence-corrected chi connectivity index (χ3v) is 9.07. The highest BCUT2D eigenvalue weighted by atomic mass is 16.5. The van der Waals surface area contributed by atoms with E-state index in [0.717, 1.165) is 12.3 Å². The summed E-state index contributed by atoms with van der Waals surface area (Å²) < 4.78 is 10.4. The lowest BCUT2D eigenvalue weighted by Gasteiger charge is -2.36. The van der Waals surface area contributed by atoms with Crippen LogP contribution >= 0.6 is 0 Å². The van der Waals surface area contributed by atoms with Gasteiger partial charge in [-0.15, -0.1) is 0 Å². The summed E-state index contributed by atoms with van der Waals surface area (Å²) in [6.07, 6.45) is 4.80. The molecule has 0 unspecified atom stereocenters. The molecule has 2 N–H and O–H groups in total. The van der Waals surface area contributed by atoms with Gasteiger partial charge in [-0.3, -0.25) is 14.5 Å². The fraction of sp³-hybridized carbons (Fsp3) is 0.613. The molecule has 2 heterocycles. The molecular formula is C31H43N3O6. The second-order valence-electron chi connectivity index (χ2n) is 11.5. The fourth-order valence-electron chi connectivity index (χ4n) is 7.10. The minimum atomic E-state index is -0.454. The van der Waals surface area contributed by atoms with E-state index >= 15 is 0 Å². The number of ketones is 2. The molecular weight excluding hydrogens is 510 g/mol. The average molecular weight is 554 g/mol. The van der Waals surface area contributed by atoms with Gasteiger partial charge >= 0.3 is 11.9 Å². The van der Waals surface area contributed by atoms with Crippen molar-refractivity contribution in [3.63, 3.8) is 0 Å². The van der Waals surface area contributed by atoms with Crippen molar-refractivity contribution in [3.8, 4) is 0 Å². The van der Waals surface area contributed by atoms with Crippen LogP contribution < -0.4 is 0 Å². The van der Waals surface area contributed by atoms with Gasteiger partial charge in [0, 0.05) is 17.4 Å². The number of aromatic nitrogens is 2. The first kappa shape index (κ1) is 29.8. The molecule has 2 aliphatic rings. The first-order chi connectivity index (χ1) is 19.0. The number of hydrogen-bond donors (Lipinski definition) is 2. The van der Waals surface area contributed by atoms with Crippen LogP contribution in [0.3, 0.4) is 0 Å². The predicted molar refractivity (Wildman–Crippen MR) is 151 cm³/mol. The fourth-order valence-corrected chi connectivity index (χ4v) is 7.10. The van der Waals surface area contributed by atoms with Crippen LogP contribution in [0.1, 0.15) is 111 Å². The van der Waals surface area contributed by atoms with E-state index in [0.29, 0.717) is 56.9 Å². The van der Waals surface area contributed by atoms with Gasteiger partial charge in [-0.1, -0.05) is 6.42 Å². The van der Waals surface area contributed by atoms with Gasteiger partial charge in [-0.2, -0.15) is 0 Å². The third kappa shape index (κ3) is 5.66. The quantitative estimate of drug-likeness (QED) is 0.276. The number of H-pyrrole nitrogens is 2. The van der Waals surface area contributed by atoms with Crippen LogP contribution in [0, 0.1) is 45.4 Å². The highest BCUT2D eigenvalue weighted by molar-refractivity contribution is 6.04. The number of ether oxygens (including phenoxy) is 2. The summed E-state index contributed by atoms with van der Waals surface area (Å²) in [6, 6.07) is 0.0185. The normalized spacial score (nSPS) is 20.6. The van der Waals surface area contributed by atoms with Gasteiger partial charge < -0.3 is 19.4 Å². The third-order valence-electron chi connectivity index (χ3n) is 9.07. The van der Waals surface area contributed by atoms with Crippen LogP contribution in [-0.2, 0) is 9.47 Å². The Kier molecular flexibility index (Phi) is 9.02. The first-order valence-corrected chi connectivity index (χ1v) is 14.5. The Hall–Kier alpha value is -3.20. The molecule has 9 nitrogen and oxygen atoms in total. The lowest BCUT2D eigenvalue weighted by Crippen LogP contribution is -2.46. The lowest BCUT2D eigenvalue weighted by atomic mass is 9.83. The summed E-state index contributed by atoms with van der Waals surface area (Å²) >= 11 is 0. The average Bonchev–Trinajstić information content (AvgIpc) is 3.66. The van der Waals surface area contributed by atoms with E-state index in [1.165, 1.54) is 19.3 Å². The van der Waals surface area contributed by atoms with Gasteiger partial charge in [-0.05, 0) is 96.6 Å². The van der Waals surface area contributed by atoms with Crippen LogP contribution in [0.4, 0.5) is 0 Å². The van der Waals surface area contributed by atoms with Crippen molar-refractivity contribution >= 4 is 23.5 Å². The smallest absolute Gasteiger partial charge is 0.340 e. The second kappa shape index (κ2) is 12.1. The number of nitrogens with one attached hydrogen (secondary N) is 2. The minimum Gasteiger partial charge on any atom is -0.462 e. The van der Waals surface area contributed by atoms with Gasteiger partial charge in [0.25, 0.3) is 0 Å². The van der Waals surface area contributed by atoms with Gasteiger partial charge in [0.2, 0.25) is 0 Å². The summed E-state index contributed by atoms with van der Waals surface area (Å²) in [4.78, 5) is 60.6. The molecule has 40 heavy (non-hydrogen) atoms. The van der Waals surface area contributed by atoms with E-state index < -0.39 is 11.9 Å². The molecule has 0 saturated heterocycles. The minimum absolute atomic E-state index is 0.0185. The molecule has 0 amide bonds. The molecule has 0 radical (unpaired) electrons. The molecule has 4 rings (SSSR count). The van der Waals surface area contributed by atoms with E-state index in [2.05, 4.69) is 16.9 Å². The number of carbonyl (C=O) groups is 4.